The molecule has 2 rings (SSSR count). The molecule has 1 amide bonds. The molecule has 1 N–H and O–H groups in total. The summed E-state index contributed by atoms with van der Waals surface area (Å²) in [6.45, 7) is 5.54. The predicted molar refractivity (Wildman–Crippen MR) is 52.3 cm³/mol. The van der Waals surface area contributed by atoms with Gasteiger partial charge >= 0.3 is 0 Å². The van der Waals surface area contributed by atoms with Crippen molar-refractivity contribution in [3.8, 4) is 0 Å². The minimum atomic E-state index is 0.240. The summed E-state index contributed by atoms with van der Waals surface area (Å²) >= 11 is 0. The first-order chi connectivity index (χ1) is 6.66. The van der Waals surface area contributed by atoms with Gasteiger partial charge in [-0.15, -0.1) is 0 Å². The zero-order valence-electron chi connectivity index (χ0n) is 8.58. The molecule has 0 radical (unpaired) electrons. The van der Waals surface area contributed by atoms with Crippen LogP contribution in [-0.4, -0.2) is 21.0 Å². The van der Waals surface area contributed by atoms with Gasteiger partial charge in [0.15, 0.2) is 0 Å². The number of hydrogen-bond acceptors (Lipinski definition) is 2. The monoisotopic (exact) mass is 193 g/mol. The molecular formula is C10H15N3O. The van der Waals surface area contributed by atoms with Crippen LogP contribution in [0.15, 0.2) is 6.20 Å². The second kappa shape index (κ2) is 3.44. The highest BCUT2D eigenvalue weighted by Crippen LogP contribution is 2.21. The van der Waals surface area contributed by atoms with E-state index in [1.54, 1.807) is 6.20 Å². The number of aromatic nitrogens is 2. The van der Waals surface area contributed by atoms with Crippen molar-refractivity contribution >= 4 is 5.91 Å². The van der Waals surface area contributed by atoms with Crippen LogP contribution in [-0.2, 0) is 17.9 Å². The molecular weight excluding hydrogens is 178 g/mol. The Morgan fingerprint density at radius 3 is 3.07 bits per heavy atom. The van der Waals surface area contributed by atoms with Gasteiger partial charge in [-0.25, -0.2) is 0 Å². The van der Waals surface area contributed by atoms with Gasteiger partial charge in [-0.3, -0.25) is 9.89 Å². The van der Waals surface area contributed by atoms with Crippen LogP contribution in [0.2, 0.25) is 0 Å². The third-order valence-corrected chi connectivity index (χ3v) is 2.45. The zero-order chi connectivity index (χ0) is 10.1. The summed E-state index contributed by atoms with van der Waals surface area (Å²) in [6, 6.07) is 0. The van der Waals surface area contributed by atoms with Crippen LogP contribution in [0.25, 0.3) is 0 Å². The molecule has 1 aliphatic heterocycles. The lowest BCUT2D eigenvalue weighted by atomic mass is 10.1. The summed E-state index contributed by atoms with van der Waals surface area (Å²) in [6.07, 6.45) is 2.44. The molecule has 14 heavy (non-hydrogen) atoms. The number of nitrogens with one attached hydrogen (secondary N) is 1. The summed E-state index contributed by atoms with van der Waals surface area (Å²) in [7, 11) is 0. The number of H-pyrrole nitrogens is 1. The Kier molecular flexibility index (Phi) is 2.27. The molecule has 0 saturated carbocycles. The van der Waals surface area contributed by atoms with Gasteiger partial charge in [-0.05, 0) is 5.92 Å². The van der Waals surface area contributed by atoms with Gasteiger partial charge in [-0.1, -0.05) is 13.8 Å². The Morgan fingerprint density at radius 1 is 1.64 bits per heavy atom. The third kappa shape index (κ3) is 1.64. The molecule has 1 aliphatic rings. The molecule has 0 atom stereocenters. The Balaban J connectivity index is 1.98. The molecule has 0 spiro atoms. The van der Waals surface area contributed by atoms with E-state index in [2.05, 4.69) is 24.0 Å². The van der Waals surface area contributed by atoms with E-state index in [0.717, 1.165) is 17.8 Å². The van der Waals surface area contributed by atoms with E-state index in [1.807, 2.05) is 4.90 Å². The highest BCUT2D eigenvalue weighted by molar-refractivity contribution is 5.77. The van der Waals surface area contributed by atoms with Crippen molar-refractivity contribution in [1.82, 2.24) is 15.1 Å². The SMILES string of the molecule is CC(C)CC(=O)N1Cc2cn[nH]c2C1. The van der Waals surface area contributed by atoms with Crippen molar-refractivity contribution < 1.29 is 4.79 Å². The van der Waals surface area contributed by atoms with E-state index in [4.69, 9.17) is 0 Å². The molecule has 0 aliphatic carbocycles. The fourth-order valence-electron chi connectivity index (χ4n) is 1.72. The number of carbonyl (C=O) groups is 1. The van der Waals surface area contributed by atoms with E-state index < -0.39 is 0 Å². The molecule has 4 heteroatoms. The number of amides is 1. The van der Waals surface area contributed by atoms with Crippen LogP contribution < -0.4 is 0 Å². The summed E-state index contributed by atoms with van der Waals surface area (Å²) in [5.74, 6) is 0.671. The quantitative estimate of drug-likeness (QED) is 0.769. The number of nitrogens with zero attached hydrogens (tertiary/aromatic N) is 2. The molecule has 4 nitrogen and oxygen atoms in total. The topological polar surface area (TPSA) is 49.0 Å². The largest absolute Gasteiger partial charge is 0.332 e. The van der Waals surface area contributed by atoms with E-state index in [1.165, 1.54) is 0 Å². The van der Waals surface area contributed by atoms with Crippen LogP contribution in [0.3, 0.4) is 0 Å². The average molecular weight is 193 g/mol. The van der Waals surface area contributed by atoms with Crippen LogP contribution in [0.5, 0.6) is 0 Å². The number of rotatable bonds is 2. The maximum atomic E-state index is 11.7. The highest BCUT2D eigenvalue weighted by Gasteiger charge is 2.24. The van der Waals surface area contributed by atoms with E-state index in [-0.39, 0.29) is 5.91 Å². The second-order valence-electron chi connectivity index (χ2n) is 4.22. The van der Waals surface area contributed by atoms with Crippen LogP contribution in [0.4, 0.5) is 0 Å². The van der Waals surface area contributed by atoms with Crippen molar-refractivity contribution in [3.05, 3.63) is 17.5 Å². The van der Waals surface area contributed by atoms with Crippen LogP contribution in [0.1, 0.15) is 31.5 Å². The van der Waals surface area contributed by atoms with Crippen LogP contribution in [0, 0.1) is 5.92 Å². The fraction of sp³-hybridized carbons (Fsp3) is 0.600. The summed E-state index contributed by atoms with van der Waals surface area (Å²) in [5, 5.41) is 6.85. The molecule has 0 saturated heterocycles. The standard InChI is InChI=1S/C10H15N3O/c1-7(2)3-10(14)13-5-8-4-11-12-9(8)6-13/h4,7H,3,5-6H2,1-2H3,(H,11,12). The van der Waals surface area contributed by atoms with Gasteiger partial charge in [0, 0.05) is 18.5 Å². The van der Waals surface area contributed by atoms with E-state index in [9.17, 15) is 4.79 Å². The molecule has 76 valence electrons. The molecule has 0 bridgehead atoms. The lowest BCUT2D eigenvalue weighted by Gasteiger charge is -2.16. The van der Waals surface area contributed by atoms with Gasteiger partial charge in [0.1, 0.15) is 0 Å². The molecule has 1 aromatic heterocycles. The summed E-state index contributed by atoms with van der Waals surface area (Å²) in [5.41, 5.74) is 2.24. The number of carbonyl (C=O) groups excluding carboxylic acids is 1. The Morgan fingerprint density at radius 2 is 2.43 bits per heavy atom. The van der Waals surface area contributed by atoms with E-state index >= 15 is 0 Å². The first-order valence-electron chi connectivity index (χ1n) is 4.95. The smallest absolute Gasteiger partial charge is 0.223 e. The Labute approximate surface area is 83.3 Å². The number of fused-ring (bicyclic) bond motifs is 1. The van der Waals surface area contributed by atoms with Crippen molar-refractivity contribution in [3.63, 3.8) is 0 Å². The minimum absolute atomic E-state index is 0.240. The van der Waals surface area contributed by atoms with Crippen molar-refractivity contribution in [2.45, 2.75) is 33.4 Å². The maximum Gasteiger partial charge on any atom is 0.223 e. The van der Waals surface area contributed by atoms with E-state index in [0.29, 0.717) is 18.9 Å². The lowest BCUT2D eigenvalue weighted by molar-refractivity contribution is -0.132. The summed E-state index contributed by atoms with van der Waals surface area (Å²) < 4.78 is 0. The van der Waals surface area contributed by atoms with Gasteiger partial charge < -0.3 is 4.90 Å². The Hall–Kier alpha value is -1.32. The third-order valence-electron chi connectivity index (χ3n) is 2.45. The average Bonchev–Trinajstić information content (AvgIpc) is 2.58. The fourth-order valence-corrected chi connectivity index (χ4v) is 1.72. The van der Waals surface area contributed by atoms with Gasteiger partial charge in [0.25, 0.3) is 0 Å². The number of hydrogen-bond donors (Lipinski definition) is 1. The minimum Gasteiger partial charge on any atom is -0.332 e. The first kappa shape index (κ1) is 9.24. The normalized spacial score (nSPS) is 14.9. The summed E-state index contributed by atoms with van der Waals surface area (Å²) in [4.78, 5) is 13.6. The number of aromatic amines is 1. The van der Waals surface area contributed by atoms with Gasteiger partial charge in [0.05, 0.1) is 18.4 Å². The zero-order valence-corrected chi connectivity index (χ0v) is 8.58. The van der Waals surface area contributed by atoms with Crippen LogP contribution >= 0.6 is 0 Å². The van der Waals surface area contributed by atoms with Gasteiger partial charge in [0.2, 0.25) is 5.91 Å². The molecule has 1 aromatic rings. The van der Waals surface area contributed by atoms with Crippen molar-refractivity contribution in [1.29, 1.82) is 0 Å². The predicted octanol–water partition coefficient (Wildman–Crippen LogP) is 1.30. The highest BCUT2D eigenvalue weighted by atomic mass is 16.2. The van der Waals surface area contributed by atoms with Crippen molar-refractivity contribution in [2.24, 2.45) is 5.92 Å². The van der Waals surface area contributed by atoms with Gasteiger partial charge in [-0.2, -0.15) is 5.10 Å². The first-order valence-corrected chi connectivity index (χ1v) is 4.95. The molecule has 2 heterocycles. The molecule has 0 aromatic carbocycles. The second-order valence-corrected chi connectivity index (χ2v) is 4.22. The lowest BCUT2D eigenvalue weighted by Crippen LogP contribution is -2.26. The molecule has 0 fully saturated rings. The molecule has 0 unspecified atom stereocenters. The maximum absolute atomic E-state index is 11.7. The Bertz CT molecular complexity index is 322. The van der Waals surface area contributed by atoms with Crippen molar-refractivity contribution in [2.75, 3.05) is 0 Å².